The Bertz CT molecular complexity index is 567. The second kappa shape index (κ2) is 5.12. The van der Waals surface area contributed by atoms with E-state index in [0.29, 0.717) is 11.1 Å². The van der Waals surface area contributed by atoms with Gasteiger partial charge in [0.15, 0.2) is 11.6 Å². The number of halogens is 3. The quantitative estimate of drug-likeness (QED) is 0.802. The summed E-state index contributed by atoms with van der Waals surface area (Å²) in [6, 6.07) is 8.15. The van der Waals surface area contributed by atoms with Gasteiger partial charge < -0.3 is 4.74 Å². The molecule has 0 saturated heterocycles. The van der Waals surface area contributed by atoms with E-state index in [2.05, 4.69) is 0 Å². The van der Waals surface area contributed by atoms with Crippen LogP contribution < -0.4 is 4.74 Å². The molecule has 0 bridgehead atoms. The van der Waals surface area contributed by atoms with Crippen LogP contribution in [0.1, 0.15) is 11.1 Å². The summed E-state index contributed by atoms with van der Waals surface area (Å²) in [5.74, 6) is -2.09. The molecule has 2 rings (SSSR count). The summed E-state index contributed by atoms with van der Waals surface area (Å²) in [6.45, 7) is 1.57. The molecule has 0 spiro atoms. The molecule has 0 atom stereocenters. The van der Waals surface area contributed by atoms with Gasteiger partial charge in [0, 0.05) is 11.6 Å². The third-order valence-electron chi connectivity index (χ3n) is 2.56. The lowest BCUT2D eigenvalue weighted by atomic mass is 10.2. The van der Waals surface area contributed by atoms with Crippen LogP contribution >= 0.6 is 0 Å². The monoisotopic (exact) mass is 252 g/mol. The smallest absolute Gasteiger partial charge is 0.162 e. The molecule has 0 aliphatic rings. The number of hydrogen-bond donors (Lipinski definition) is 0. The molecule has 0 N–H and O–H groups in total. The van der Waals surface area contributed by atoms with Gasteiger partial charge in [0.05, 0.1) is 0 Å². The molecule has 0 unspecified atom stereocenters. The predicted octanol–water partition coefficient (Wildman–Crippen LogP) is 3.99. The number of rotatable bonds is 3. The molecule has 0 aliphatic heterocycles. The van der Waals surface area contributed by atoms with Crippen molar-refractivity contribution >= 4 is 0 Å². The van der Waals surface area contributed by atoms with Gasteiger partial charge in [-0.1, -0.05) is 18.2 Å². The number of ether oxygens (including phenoxy) is 1. The first-order chi connectivity index (χ1) is 8.58. The van der Waals surface area contributed by atoms with Crippen LogP contribution in [0, 0.1) is 24.4 Å². The van der Waals surface area contributed by atoms with Crippen LogP contribution in [0.15, 0.2) is 36.4 Å². The lowest BCUT2D eigenvalue weighted by Crippen LogP contribution is -2.00. The topological polar surface area (TPSA) is 9.23 Å². The normalized spacial score (nSPS) is 10.4. The van der Waals surface area contributed by atoms with E-state index in [1.807, 2.05) is 0 Å². The van der Waals surface area contributed by atoms with Crippen LogP contribution in [0.5, 0.6) is 5.75 Å². The first-order valence-electron chi connectivity index (χ1n) is 5.40. The highest BCUT2D eigenvalue weighted by Crippen LogP contribution is 2.22. The highest BCUT2D eigenvalue weighted by Gasteiger charge is 2.09. The van der Waals surface area contributed by atoms with E-state index in [0.717, 1.165) is 12.1 Å². The largest absolute Gasteiger partial charge is 0.488 e. The zero-order chi connectivity index (χ0) is 13.1. The fraction of sp³-hybridized carbons (Fsp3) is 0.143. The van der Waals surface area contributed by atoms with Crippen LogP contribution in [-0.4, -0.2) is 0 Å². The fourth-order valence-electron chi connectivity index (χ4n) is 1.55. The Morgan fingerprint density at radius 2 is 1.61 bits per heavy atom. The van der Waals surface area contributed by atoms with Gasteiger partial charge in [0.2, 0.25) is 0 Å². The Labute approximate surface area is 103 Å². The lowest BCUT2D eigenvalue weighted by Gasteiger charge is -2.10. The van der Waals surface area contributed by atoms with E-state index in [4.69, 9.17) is 4.74 Å². The van der Waals surface area contributed by atoms with Gasteiger partial charge in [-0.3, -0.25) is 0 Å². The number of benzene rings is 2. The molecule has 2 aromatic carbocycles. The molecule has 0 heterocycles. The summed E-state index contributed by atoms with van der Waals surface area (Å²) in [6.07, 6.45) is 0. The Balaban J connectivity index is 2.16. The van der Waals surface area contributed by atoms with E-state index in [1.165, 1.54) is 6.07 Å². The van der Waals surface area contributed by atoms with Crippen molar-refractivity contribution in [1.82, 2.24) is 0 Å². The van der Waals surface area contributed by atoms with Gasteiger partial charge in [-0.05, 0) is 24.6 Å². The summed E-state index contributed by atoms with van der Waals surface area (Å²) < 4.78 is 44.5. The maximum absolute atomic E-state index is 13.3. The van der Waals surface area contributed by atoms with Crippen molar-refractivity contribution in [2.75, 3.05) is 0 Å². The highest BCUT2D eigenvalue weighted by atomic mass is 19.2. The Morgan fingerprint density at radius 3 is 2.33 bits per heavy atom. The Hall–Kier alpha value is -1.97. The first-order valence-corrected chi connectivity index (χ1v) is 5.40. The zero-order valence-electron chi connectivity index (χ0n) is 9.71. The van der Waals surface area contributed by atoms with Gasteiger partial charge >= 0.3 is 0 Å². The van der Waals surface area contributed by atoms with E-state index in [-0.39, 0.29) is 12.4 Å². The SMILES string of the molecule is Cc1cc(F)c(F)cc1OCc1ccccc1F. The third-order valence-corrected chi connectivity index (χ3v) is 2.56. The molecule has 0 aromatic heterocycles. The summed E-state index contributed by atoms with van der Waals surface area (Å²) in [7, 11) is 0. The van der Waals surface area contributed by atoms with Crippen molar-refractivity contribution in [2.45, 2.75) is 13.5 Å². The average molecular weight is 252 g/mol. The third kappa shape index (κ3) is 2.64. The predicted molar refractivity (Wildman–Crippen MR) is 61.8 cm³/mol. The highest BCUT2D eigenvalue weighted by molar-refractivity contribution is 5.33. The van der Waals surface area contributed by atoms with Crippen molar-refractivity contribution < 1.29 is 17.9 Å². The van der Waals surface area contributed by atoms with Crippen molar-refractivity contribution in [3.8, 4) is 5.75 Å². The molecule has 4 heteroatoms. The summed E-state index contributed by atoms with van der Waals surface area (Å²) in [5, 5.41) is 0. The molecule has 94 valence electrons. The van der Waals surface area contributed by atoms with Gasteiger partial charge in [0.25, 0.3) is 0 Å². The maximum Gasteiger partial charge on any atom is 0.162 e. The molecule has 0 aliphatic carbocycles. The molecule has 0 amide bonds. The van der Waals surface area contributed by atoms with Crippen LogP contribution in [0.3, 0.4) is 0 Å². The van der Waals surface area contributed by atoms with Crippen molar-refractivity contribution in [1.29, 1.82) is 0 Å². The van der Waals surface area contributed by atoms with Gasteiger partial charge in [-0.15, -0.1) is 0 Å². The van der Waals surface area contributed by atoms with Crippen molar-refractivity contribution in [3.63, 3.8) is 0 Å². The molecule has 18 heavy (non-hydrogen) atoms. The van der Waals surface area contributed by atoms with Gasteiger partial charge in [0.1, 0.15) is 18.2 Å². The van der Waals surface area contributed by atoms with E-state index < -0.39 is 17.5 Å². The number of aryl methyl sites for hydroxylation is 1. The molecular formula is C14H11F3O. The number of hydrogen-bond acceptors (Lipinski definition) is 1. The first kappa shape index (κ1) is 12.5. The fourth-order valence-corrected chi connectivity index (χ4v) is 1.55. The van der Waals surface area contributed by atoms with Crippen LogP contribution in [-0.2, 0) is 6.61 Å². The molecule has 0 radical (unpaired) electrons. The minimum atomic E-state index is -0.982. The second-order valence-corrected chi connectivity index (χ2v) is 3.91. The summed E-state index contributed by atoms with van der Waals surface area (Å²) >= 11 is 0. The van der Waals surface area contributed by atoms with Crippen LogP contribution in [0.4, 0.5) is 13.2 Å². The minimum Gasteiger partial charge on any atom is -0.488 e. The molecule has 0 saturated carbocycles. The van der Waals surface area contributed by atoms with Crippen LogP contribution in [0.2, 0.25) is 0 Å². The second-order valence-electron chi connectivity index (χ2n) is 3.91. The van der Waals surface area contributed by atoms with E-state index in [1.54, 1.807) is 25.1 Å². The standard InChI is InChI=1S/C14H11F3O/c1-9-6-12(16)13(17)7-14(9)18-8-10-4-2-3-5-11(10)15/h2-7H,8H2,1H3. The molecule has 2 aromatic rings. The zero-order valence-corrected chi connectivity index (χ0v) is 9.71. The van der Waals surface area contributed by atoms with Crippen molar-refractivity contribution in [3.05, 3.63) is 65.0 Å². The van der Waals surface area contributed by atoms with Gasteiger partial charge in [-0.2, -0.15) is 0 Å². The lowest BCUT2D eigenvalue weighted by molar-refractivity contribution is 0.295. The Morgan fingerprint density at radius 1 is 0.944 bits per heavy atom. The van der Waals surface area contributed by atoms with Gasteiger partial charge in [-0.25, -0.2) is 13.2 Å². The van der Waals surface area contributed by atoms with Crippen LogP contribution in [0.25, 0.3) is 0 Å². The summed E-state index contributed by atoms with van der Waals surface area (Å²) in [4.78, 5) is 0. The molecular weight excluding hydrogens is 241 g/mol. The summed E-state index contributed by atoms with van der Waals surface area (Å²) in [5.41, 5.74) is 0.826. The molecule has 1 nitrogen and oxygen atoms in total. The maximum atomic E-state index is 13.3. The minimum absolute atomic E-state index is 0.0292. The van der Waals surface area contributed by atoms with Crippen molar-refractivity contribution in [2.24, 2.45) is 0 Å². The average Bonchev–Trinajstić information content (AvgIpc) is 2.34. The van der Waals surface area contributed by atoms with E-state index in [9.17, 15) is 13.2 Å². The Kier molecular flexibility index (Phi) is 3.55. The van der Waals surface area contributed by atoms with E-state index >= 15 is 0 Å². The molecule has 0 fully saturated rings.